The molecule has 0 aliphatic rings. The number of aromatic nitrogens is 1. The van der Waals surface area contributed by atoms with Gasteiger partial charge in [-0.15, -0.1) is 11.3 Å². The third-order valence-corrected chi connectivity index (χ3v) is 4.86. The topological polar surface area (TPSA) is 47.3 Å². The van der Waals surface area contributed by atoms with Crippen molar-refractivity contribution < 1.29 is 13.7 Å². The summed E-state index contributed by atoms with van der Waals surface area (Å²) in [5.41, 5.74) is 3.52. The highest BCUT2D eigenvalue weighted by Gasteiger charge is 2.12. The first-order chi connectivity index (χ1) is 13.8. The first-order valence-electron chi connectivity index (χ1n) is 9.31. The van der Waals surface area contributed by atoms with Crippen LogP contribution in [0.15, 0.2) is 64.5 Å². The van der Waals surface area contributed by atoms with Crippen molar-refractivity contribution in [3.8, 4) is 17.0 Å². The van der Waals surface area contributed by atoms with E-state index in [1.54, 1.807) is 17.4 Å². The predicted molar refractivity (Wildman–Crippen MR) is 112 cm³/mol. The number of benzene rings is 2. The van der Waals surface area contributed by atoms with Crippen LogP contribution in [-0.2, 0) is 6.54 Å². The molecule has 4 nitrogen and oxygen atoms in total. The number of rotatable bonds is 7. The van der Waals surface area contributed by atoms with Gasteiger partial charge in [0.25, 0.3) is 0 Å². The predicted octanol–water partition coefficient (Wildman–Crippen LogP) is 5.89. The van der Waals surface area contributed by atoms with Gasteiger partial charge in [-0.1, -0.05) is 43.3 Å². The fourth-order valence-electron chi connectivity index (χ4n) is 2.72. The van der Waals surface area contributed by atoms with Gasteiger partial charge in [0.1, 0.15) is 28.6 Å². The van der Waals surface area contributed by atoms with Crippen molar-refractivity contribution >= 4 is 21.6 Å². The lowest BCUT2D eigenvalue weighted by molar-refractivity contribution is 0.313. The maximum absolute atomic E-state index is 13.1. The van der Waals surface area contributed by atoms with E-state index in [-0.39, 0.29) is 5.82 Å². The average Bonchev–Trinajstić information content (AvgIpc) is 3.33. The summed E-state index contributed by atoms with van der Waals surface area (Å²) < 4.78 is 25.3. The van der Waals surface area contributed by atoms with E-state index in [1.807, 2.05) is 55.6 Å². The Bertz CT molecular complexity index is 1010. The van der Waals surface area contributed by atoms with Gasteiger partial charge in [0.2, 0.25) is 0 Å². The second-order valence-corrected chi connectivity index (χ2v) is 6.74. The van der Waals surface area contributed by atoms with Crippen LogP contribution in [0.25, 0.3) is 21.5 Å². The molecule has 146 valence electrons. The Morgan fingerprint density at radius 2 is 1.96 bits per heavy atom. The van der Waals surface area contributed by atoms with E-state index in [0.29, 0.717) is 19.7 Å². The van der Waals surface area contributed by atoms with E-state index < -0.39 is 0 Å². The molecule has 0 saturated carbocycles. The molecule has 28 heavy (non-hydrogen) atoms. The molecule has 4 rings (SSSR count). The van der Waals surface area contributed by atoms with Crippen molar-refractivity contribution in [2.24, 2.45) is 0 Å². The summed E-state index contributed by atoms with van der Waals surface area (Å²) in [6.07, 6.45) is 0. The Hall–Kier alpha value is -2.70. The van der Waals surface area contributed by atoms with E-state index in [9.17, 15) is 4.39 Å². The molecule has 0 spiro atoms. The van der Waals surface area contributed by atoms with Gasteiger partial charge in [-0.25, -0.2) is 4.39 Å². The van der Waals surface area contributed by atoms with E-state index in [1.165, 1.54) is 12.1 Å². The first kappa shape index (κ1) is 20.0. The molecule has 0 aliphatic heterocycles. The molecule has 0 saturated heterocycles. The quantitative estimate of drug-likeness (QED) is 0.394. The summed E-state index contributed by atoms with van der Waals surface area (Å²) in [7, 11) is 0. The minimum atomic E-state index is -0.218. The molecule has 0 aliphatic carbocycles. The second-order valence-electron chi connectivity index (χ2n) is 5.83. The van der Waals surface area contributed by atoms with Crippen LogP contribution in [0.5, 0.6) is 5.75 Å². The summed E-state index contributed by atoms with van der Waals surface area (Å²) in [5, 5.41) is 9.39. The SMILES string of the molecule is CC.Fc1cccc(CNCCOc2cccc(-c3noc4ccsc34)c2)c1. The Morgan fingerprint density at radius 3 is 2.82 bits per heavy atom. The van der Waals surface area contributed by atoms with Gasteiger partial charge in [-0.2, -0.15) is 0 Å². The van der Waals surface area contributed by atoms with Crippen LogP contribution in [0.1, 0.15) is 19.4 Å². The minimum Gasteiger partial charge on any atom is -0.492 e. The maximum atomic E-state index is 13.1. The van der Waals surface area contributed by atoms with Gasteiger partial charge in [0.15, 0.2) is 5.58 Å². The number of hydrogen-bond acceptors (Lipinski definition) is 5. The second kappa shape index (κ2) is 10.0. The zero-order valence-corrected chi connectivity index (χ0v) is 16.8. The van der Waals surface area contributed by atoms with Gasteiger partial charge in [0.05, 0.1) is 0 Å². The van der Waals surface area contributed by atoms with Crippen LogP contribution < -0.4 is 10.1 Å². The van der Waals surface area contributed by atoms with Gasteiger partial charge in [-0.3, -0.25) is 0 Å². The van der Waals surface area contributed by atoms with Crippen molar-refractivity contribution in [3.05, 3.63) is 71.4 Å². The van der Waals surface area contributed by atoms with Crippen LogP contribution in [0.2, 0.25) is 0 Å². The highest BCUT2D eigenvalue weighted by Crippen LogP contribution is 2.33. The highest BCUT2D eigenvalue weighted by atomic mass is 32.1. The molecule has 0 amide bonds. The first-order valence-corrected chi connectivity index (χ1v) is 10.2. The molecule has 0 atom stereocenters. The molecule has 0 bridgehead atoms. The molecule has 6 heteroatoms. The summed E-state index contributed by atoms with van der Waals surface area (Å²) in [5.74, 6) is 0.563. The van der Waals surface area contributed by atoms with E-state index >= 15 is 0 Å². The maximum Gasteiger partial charge on any atom is 0.178 e. The number of halogens is 1. The molecule has 2 heterocycles. The normalized spacial score (nSPS) is 10.5. The third kappa shape index (κ3) is 4.97. The Kier molecular flexibility index (Phi) is 7.17. The minimum absolute atomic E-state index is 0.218. The smallest absolute Gasteiger partial charge is 0.178 e. The Morgan fingerprint density at radius 1 is 1.11 bits per heavy atom. The molecular weight excluding hydrogens is 375 g/mol. The standard InChI is InChI=1S/C20H17FN2O2S.C2H6/c21-16-5-1-3-14(11-16)13-22-8-9-24-17-6-2-4-15(12-17)19-20-18(25-23-19)7-10-26-20;1-2/h1-7,10-12,22H,8-9,13H2;1-2H3. The summed E-state index contributed by atoms with van der Waals surface area (Å²) >= 11 is 1.61. The summed E-state index contributed by atoms with van der Waals surface area (Å²) in [4.78, 5) is 0. The molecule has 2 aromatic heterocycles. The van der Waals surface area contributed by atoms with Crippen molar-refractivity contribution in [3.63, 3.8) is 0 Å². The van der Waals surface area contributed by atoms with Gasteiger partial charge in [-0.05, 0) is 41.3 Å². The molecule has 1 N–H and O–H groups in total. The van der Waals surface area contributed by atoms with E-state index in [0.717, 1.165) is 32.9 Å². The zero-order chi connectivity index (χ0) is 19.8. The summed E-state index contributed by atoms with van der Waals surface area (Å²) in [6.45, 7) is 5.79. The van der Waals surface area contributed by atoms with Crippen molar-refractivity contribution in [1.82, 2.24) is 10.5 Å². The molecule has 0 unspecified atom stereocenters. The third-order valence-electron chi connectivity index (χ3n) is 3.95. The molecular formula is C22H23FN2O2S. The molecule has 0 radical (unpaired) electrons. The summed E-state index contributed by atoms with van der Waals surface area (Å²) in [6, 6.07) is 16.3. The molecule has 0 fully saturated rings. The van der Waals surface area contributed by atoms with Crippen LogP contribution in [0, 0.1) is 5.82 Å². The van der Waals surface area contributed by atoms with Crippen LogP contribution >= 0.6 is 11.3 Å². The number of nitrogens with zero attached hydrogens (tertiary/aromatic N) is 1. The van der Waals surface area contributed by atoms with Gasteiger partial charge < -0.3 is 14.6 Å². The Balaban J connectivity index is 0.00000109. The van der Waals surface area contributed by atoms with Gasteiger partial charge in [0, 0.05) is 18.7 Å². The fourth-order valence-corrected chi connectivity index (χ4v) is 3.53. The van der Waals surface area contributed by atoms with Crippen molar-refractivity contribution in [2.75, 3.05) is 13.2 Å². The number of ether oxygens (including phenoxy) is 1. The van der Waals surface area contributed by atoms with Gasteiger partial charge >= 0.3 is 0 Å². The number of fused-ring (bicyclic) bond motifs is 1. The largest absolute Gasteiger partial charge is 0.492 e. The molecule has 4 aromatic rings. The lowest BCUT2D eigenvalue weighted by Crippen LogP contribution is -2.20. The number of nitrogens with one attached hydrogen (secondary N) is 1. The average molecular weight is 399 g/mol. The number of thiophene rings is 1. The van der Waals surface area contributed by atoms with Crippen LogP contribution in [0.3, 0.4) is 0 Å². The Labute approximate surface area is 167 Å². The van der Waals surface area contributed by atoms with Crippen molar-refractivity contribution in [2.45, 2.75) is 20.4 Å². The lowest BCUT2D eigenvalue weighted by Gasteiger charge is -2.08. The highest BCUT2D eigenvalue weighted by molar-refractivity contribution is 7.17. The van der Waals surface area contributed by atoms with E-state index in [4.69, 9.17) is 9.26 Å². The van der Waals surface area contributed by atoms with Crippen LogP contribution in [0.4, 0.5) is 4.39 Å². The van der Waals surface area contributed by atoms with Crippen molar-refractivity contribution in [1.29, 1.82) is 0 Å². The lowest BCUT2D eigenvalue weighted by atomic mass is 10.1. The number of hydrogen-bond donors (Lipinski definition) is 1. The zero-order valence-electron chi connectivity index (χ0n) is 15.9. The van der Waals surface area contributed by atoms with E-state index in [2.05, 4.69) is 10.5 Å². The van der Waals surface area contributed by atoms with Crippen LogP contribution in [-0.4, -0.2) is 18.3 Å². The monoisotopic (exact) mass is 398 g/mol. The molecule has 2 aromatic carbocycles. The fraction of sp³-hybridized carbons (Fsp3) is 0.227.